The lowest BCUT2D eigenvalue weighted by Crippen LogP contribution is -2.53. The number of ether oxygens (including phenoxy) is 4. The van der Waals surface area contributed by atoms with Crippen LogP contribution in [-0.2, 0) is 14.9 Å². The molecule has 3 aliphatic heterocycles. The summed E-state index contributed by atoms with van der Waals surface area (Å²) in [6, 6.07) is 3.38. The average molecular weight is 400 g/mol. The van der Waals surface area contributed by atoms with Crippen molar-refractivity contribution >= 4 is 11.9 Å². The van der Waals surface area contributed by atoms with E-state index in [0.29, 0.717) is 38.2 Å². The molecule has 3 heterocycles. The van der Waals surface area contributed by atoms with Gasteiger partial charge in [-0.3, -0.25) is 9.69 Å². The first-order valence-corrected chi connectivity index (χ1v) is 10.3. The highest BCUT2D eigenvalue weighted by molar-refractivity contribution is 6.07. The van der Waals surface area contributed by atoms with Gasteiger partial charge in [0.1, 0.15) is 17.4 Å². The monoisotopic (exact) mass is 400 g/mol. The van der Waals surface area contributed by atoms with Crippen molar-refractivity contribution < 1.29 is 28.5 Å². The Kier molecular flexibility index (Phi) is 3.47. The van der Waals surface area contributed by atoms with Gasteiger partial charge in [-0.1, -0.05) is 0 Å². The molecule has 0 radical (unpaired) electrons. The van der Waals surface area contributed by atoms with Crippen LogP contribution >= 0.6 is 0 Å². The molecule has 154 valence electrons. The molecule has 1 N–H and O–H groups in total. The largest absolute Gasteiger partial charge is 0.493 e. The number of carbonyl (C=O) groups is 2. The standard InChI is InChI=1S/C21H24N2O6/c1-26-15-3-2-14-16(20(4-5-20)10-28-14)17(15)29-13-8-12(9-13)23-18(24)21(22-19(23)25)6-7-27-11-21/h2-3,12-13H,4-11H2,1H3,(H,22,25)/t12?,13?,21-/m1/s1. The van der Waals surface area contributed by atoms with Crippen LogP contribution in [0.3, 0.4) is 0 Å². The summed E-state index contributed by atoms with van der Waals surface area (Å²) in [5, 5.41) is 2.85. The molecule has 2 aliphatic carbocycles. The number of nitrogens with zero attached hydrogens (tertiary/aromatic N) is 1. The number of urea groups is 1. The van der Waals surface area contributed by atoms with Crippen molar-refractivity contribution in [1.82, 2.24) is 10.2 Å². The molecule has 0 aromatic heterocycles. The summed E-state index contributed by atoms with van der Waals surface area (Å²) in [7, 11) is 1.64. The lowest BCUT2D eigenvalue weighted by Gasteiger charge is -2.40. The molecule has 0 bridgehead atoms. The quantitative estimate of drug-likeness (QED) is 0.775. The third kappa shape index (κ3) is 2.35. The number of carbonyl (C=O) groups excluding carboxylic acids is 2. The topological polar surface area (TPSA) is 86.3 Å². The lowest BCUT2D eigenvalue weighted by atomic mass is 9.86. The molecule has 1 aromatic carbocycles. The molecule has 1 aromatic rings. The number of benzene rings is 1. The van der Waals surface area contributed by atoms with Crippen molar-refractivity contribution in [3.05, 3.63) is 17.7 Å². The van der Waals surface area contributed by atoms with E-state index in [4.69, 9.17) is 18.9 Å². The van der Waals surface area contributed by atoms with E-state index in [-0.39, 0.29) is 36.1 Å². The number of amides is 3. The van der Waals surface area contributed by atoms with Gasteiger partial charge in [0.05, 0.1) is 20.3 Å². The number of rotatable bonds is 4. The van der Waals surface area contributed by atoms with Crippen molar-refractivity contribution in [2.75, 3.05) is 26.9 Å². The molecule has 8 nitrogen and oxygen atoms in total. The predicted molar refractivity (Wildman–Crippen MR) is 100 cm³/mol. The molecule has 2 saturated heterocycles. The maximum atomic E-state index is 12.9. The highest BCUT2D eigenvalue weighted by Gasteiger charge is 2.58. The summed E-state index contributed by atoms with van der Waals surface area (Å²) < 4.78 is 23.2. The van der Waals surface area contributed by atoms with Crippen molar-refractivity contribution in [3.8, 4) is 17.2 Å². The summed E-state index contributed by atoms with van der Waals surface area (Å²) in [5.74, 6) is 2.20. The molecule has 5 aliphatic rings. The van der Waals surface area contributed by atoms with Gasteiger partial charge in [0.2, 0.25) is 0 Å². The number of hydrogen-bond donors (Lipinski definition) is 1. The second-order valence-corrected chi connectivity index (χ2v) is 8.89. The second-order valence-electron chi connectivity index (χ2n) is 8.89. The van der Waals surface area contributed by atoms with E-state index in [9.17, 15) is 9.59 Å². The van der Waals surface area contributed by atoms with Gasteiger partial charge in [0.25, 0.3) is 5.91 Å². The van der Waals surface area contributed by atoms with Gasteiger partial charge in [-0.05, 0) is 25.0 Å². The fraction of sp³-hybridized carbons (Fsp3) is 0.619. The maximum absolute atomic E-state index is 12.9. The third-order valence-corrected chi connectivity index (χ3v) is 7.13. The Hall–Kier alpha value is -2.48. The lowest BCUT2D eigenvalue weighted by molar-refractivity contribution is -0.135. The molecular weight excluding hydrogens is 376 g/mol. The molecule has 0 unspecified atom stereocenters. The molecule has 2 saturated carbocycles. The van der Waals surface area contributed by atoms with Gasteiger partial charge in [-0.25, -0.2) is 4.79 Å². The number of hydrogen-bond acceptors (Lipinski definition) is 6. The Bertz CT molecular complexity index is 899. The van der Waals surface area contributed by atoms with Crippen LogP contribution in [0.1, 0.15) is 37.7 Å². The number of methoxy groups -OCH3 is 1. The summed E-state index contributed by atoms with van der Waals surface area (Å²) in [6.07, 6.45) is 3.92. The Morgan fingerprint density at radius 3 is 2.69 bits per heavy atom. The van der Waals surface area contributed by atoms with Crippen LogP contribution < -0.4 is 19.5 Å². The van der Waals surface area contributed by atoms with E-state index in [0.717, 1.165) is 29.9 Å². The first-order valence-electron chi connectivity index (χ1n) is 10.3. The van der Waals surface area contributed by atoms with Crippen molar-refractivity contribution in [2.24, 2.45) is 0 Å². The summed E-state index contributed by atoms with van der Waals surface area (Å²) >= 11 is 0. The predicted octanol–water partition coefficient (Wildman–Crippen LogP) is 1.74. The maximum Gasteiger partial charge on any atom is 0.325 e. The van der Waals surface area contributed by atoms with Crippen LogP contribution in [-0.4, -0.2) is 61.5 Å². The first-order chi connectivity index (χ1) is 14.1. The van der Waals surface area contributed by atoms with E-state index < -0.39 is 5.54 Å². The normalized spacial score (nSPS) is 33.5. The van der Waals surface area contributed by atoms with E-state index >= 15 is 0 Å². The fourth-order valence-electron chi connectivity index (χ4n) is 5.10. The van der Waals surface area contributed by atoms with Crippen LogP contribution in [0.5, 0.6) is 17.2 Å². The minimum atomic E-state index is -0.859. The Morgan fingerprint density at radius 2 is 2.00 bits per heavy atom. The highest BCUT2D eigenvalue weighted by atomic mass is 16.5. The zero-order valence-electron chi connectivity index (χ0n) is 16.4. The van der Waals surface area contributed by atoms with Gasteiger partial charge >= 0.3 is 6.03 Å². The van der Waals surface area contributed by atoms with Crippen LogP contribution in [0.15, 0.2) is 12.1 Å². The Labute approximate surface area is 168 Å². The van der Waals surface area contributed by atoms with Crippen LogP contribution in [0, 0.1) is 0 Å². The third-order valence-electron chi connectivity index (χ3n) is 7.13. The second kappa shape index (κ2) is 5.78. The summed E-state index contributed by atoms with van der Waals surface area (Å²) in [6.45, 7) is 1.46. The molecular formula is C21H24N2O6. The molecule has 29 heavy (non-hydrogen) atoms. The van der Waals surface area contributed by atoms with Gasteiger partial charge in [-0.15, -0.1) is 0 Å². The number of nitrogens with one attached hydrogen (secondary N) is 1. The molecule has 6 rings (SSSR count). The molecule has 3 amide bonds. The SMILES string of the molecule is COc1ccc2c(c1OC1CC(N3C(=O)N[C@@]4(CCOC4)C3=O)C1)C1(CC1)CO2. The molecule has 4 fully saturated rings. The zero-order valence-corrected chi connectivity index (χ0v) is 16.4. The van der Waals surface area contributed by atoms with Crippen molar-refractivity contribution in [3.63, 3.8) is 0 Å². The summed E-state index contributed by atoms with van der Waals surface area (Å²) in [5.41, 5.74) is 0.335. The molecule has 1 atom stereocenters. The van der Waals surface area contributed by atoms with Gasteiger partial charge < -0.3 is 24.3 Å². The minimum absolute atomic E-state index is 0.0613. The highest BCUT2D eigenvalue weighted by Crippen LogP contribution is 2.60. The number of imide groups is 1. The van der Waals surface area contributed by atoms with E-state index in [1.165, 1.54) is 4.90 Å². The minimum Gasteiger partial charge on any atom is -0.493 e. The average Bonchev–Trinajstić information content (AvgIpc) is 3.03. The smallest absolute Gasteiger partial charge is 0.325 e. The Balaban J connectivity index is 1.19. The zero-order chi connectivity index (χ0) is 19.8. The van der Waals surface area contributed by atoms with Crippen molar-refractivity contribution in [1.29, 1.82) is 0 Å². The summed E-state index contributed by atoms with van der Waals surface area (Å²) in [4.78, 5) is 26.7. The number of fused-ring (bicyclic) bond motifs is 2. The van der Waals surface area contributed by atoms with Crippen LogP contribution in [0.4, 0.5) is 4.79 Å². The first kappa shape index (κ1) is 17.4. The van der Waals surface area contributed by atoms with Gasteiger partial charge in [0, 0.05) is 42.9 Å². The van der Waals surface area contributed by atoms with E-state index in [1.807, 2.05) is 12.1 Å². The molecule has 2 spiro atoms. The van der Waals surface area contributed by atoms with E-state index in [2.05, 4.69) is 5.32 Å². The van der Waals surface area contributed by atoms with Gasteiger partial charge in [-0.2, -0.15) is 0 Å². The Morgan fingerprint density at radius 1 is 1.17 bits per heavy atom. The van der Waals surface area contributed by atoms with Crippen LogP contribution in [0.25, 0.3) is 0 Å². The molecule has 8 heteroatoms. The van der Waals surface area contributed by atoms with E-state index in [1.54, 1.807) is 7.11 Å². The van der Waals surface area contributed by atoms with Crippen LogP contribution in [0.2, 0.25) is 0 Å². The van der Waals surface area contributed by atoms with Crippen molar-refractivity contribution in [2.45, 2.75) is 55.2 Å². The van der Waals surface area contributed by atoms with Gasteiger partial charge in [0.15, 0.2) is 11.5 Å². The fourth-order valence-corrected chi connectivity index (χ4v) is 5.10.